The Hall–Kier alpha value is -0.860. The zero-order valence-electron chi connectivity index (χ0n) is 17.7. The van der Waals surface area contributed by atoms with Gasteiger partial charge in [-0.2, -0.15) is 0 Å². The van der Waals surface area contributed by atoms with Crippen LogP contribution in [-0.4, -0.2) is 62.7 Å². The van der Waals surface area contributed by atoms with Gasteiger partial charge in [0.15, 0.2) is 5.96 Å². The molecule has 3 rings (SSSR count). The van der Waals surface area contributed by atoms with Gasteiger partial charge in [0.2, 0.25) is 0 Å². The van der Waals surface area contributed by atoms with Gasteiger partial charge in [0.05, 0.1) is 6.61 Å². The third kappa shape index (κ3) is 6.59. The van der Waals surface area contributed by atoms with Gasteiger partial charge in [-0.1, -0.05) is 31.2 Å². The van der Waals surface area contributed by atoms with Crippen LogP contribution in [0.3, 0.4) is 0 Å². The average molecular weight is 500 g/mol. The second kappa shape index (κ2) is 12.0. The van der Waals surface area contributed by atoms with Crippen molar-refractivity contribution in [3.63, 3.8) is 0 Å². The number of hydrogen-bond acceptors (Lipinski definition) is 3. The van der Waals surface area contributed by atoms with Crippen molar-refractivity contribution in [2.75, 3.05) is 46.9 Å². The number of halogens is 1. The highest BCUT2D eigenvalue weighted by Gasteiger charge is 2.24. The fourth-order valence-corrected chi connectivity index (χ4v) is 4.25. The number of nitrogens with zero attached hydrogens (tertiary/aromatic N) is 3. The number of methoxy groups -OCH3 is 1. The number of nitrogens with one attached hydrogen (secondary N) is 1. The number of aliphatic imine (C=N–C) groups is 1. The maximum Gasteiger partial charge on any atom is 0.193 e. The van der Waals surface area contributed by atoms with E-state index in [1.165, 1.54) is 43.5 Å². The maximum absolute atomic E-state index is 5.32. The lowest BCUT2D eigenvalue weighted by molar-refractivity contribution is 0.157. The number of benzene rings is 1. The van der Waals surface area contributed by atoms with Crippen LogP contribution in [0.25, 0.3) is 0 Å². The van der Waals surface area contributed by atoms with Gasteiger partial charge in [-0.3, -0.25) is 9.89 Å². The number of guanidine groups is 1. The van der Waals surface area contributed by atoms with Crippen LogP contribution in [0.1, 0.15) is 37.3 Å². The minimum atomic E-state index is 0. The molecule has 0 spiro atoms. The Morgan fingerprint density at radius 3 is 2.54 bits per heavy atom. The fraction of sp³-hybridized carbons (Fsp3) is 0.682. The van der Waals surface area contributed by atoms with Gasteiger partial charge in [0.1, 0.15) is 0 Å². The molecule has 0 saturated carbocycles. The van der Waals surface area contributed by atoms with E-state index in [0.717, 1.165) is 44.7 Å². The summed E-state index contributed by atoms with van der Waals surface area (Å²) in [6.45, 7) is 9.63. The van der Waals surface area contributed by atoms with Gasteiger partial charge in [0.25, 0.3) is 0 Å². The highest BCUT2D eigenvalue weighted by Crippen LogP contribution is 2.20. The molecule has 0 aromatic heterocycles. The predicted octanol–water partition coefficient (Wildman–Crippen LogP) is 3.58. The van der Waals surface area contributed by atoms with Crippen molar-refractivity contribution in [1.82, 2.24) is 15.1 Å². The molecule has 158 valence electrons. The zero-order chi connectivity index (χ0) is 19.1. The number of piperidine rings is 1. The van der Waals surface area contributed by atoms with Crippen molar-refractivity contribution in [1.29, 1.82) is 0 Å². The van der Waals surface area contributed by atoms with Crippen molar-refractivity contribution >= 4 is 29.9 Å². The summed E-state index contributed by atoms with van der Waals surface area (Å²) in [5.74, 6) is 2.50. The van der Waals surface area contributed by atoms with E-state index in [1.54, 1.807) is 7.11 Å². The first kappa shape index (κ1) is 23.4. The molecule has 5 nitrogen and oxygen atoms in total. The molecule has 28 heavy (non-hydrogen) atoms. The third-order valence-corrected chi connectivity index (χ3v) is 6.03. The Balaban J connectivity index is 0.00000280. The summed E-state index contributed by atoms with van der Waals surface area (Å²) in [5.41, 5.74) is 2.82. The molecular formula is C22H37IN4O. The van der Waals surface area contributed by atoms with Crippen molar-refractivity contribution in [2.45, 2.75) is 39.3 Å². The second-order valence-corrected chi connectivity index (χ2v) is 8.18. The summed E-state index contributed by atoms with van der Waals surface area (Å²) in [5, 5.41) is 3.59. The molecule has 1 aromatic rings. The second-order valence-electron chi connectivity index (χ2n) is 8.18. The third-order valence-electron chi connectivity index (χ3n) is 6.03. The van der Waals surface area contributed by atoms with Gasteiger partial charge in [-0.05, 0) is 49.4 Å². The van der Waals surface area contributed by atoms with Crippen molar-refractivity contribution in [3.8, 4) is 0 Å². The minimum Gasteiger partial charge on any atom is -0.384 e. The lowest BCUT2D eigenvalue weighted by atomic mass is 9.98. The number of likely N-dealkylation sites (tertiary alicyclic amines) is 2. The first-order valence-corrected chi connectivity index (χ1v) is 10.4. The molecule has 0 bridgehead atoms. The minimum absolute atomic E-state index is 0. The average Bonchev–Trinajstić information content (AvgIpc) is 3.14. The van der Waals surface area contributed by atoms with Gasteiger partial charge < -0.3 is 15.0 Å². The summed E-state index contributed by atoms with van der Waals surface area (Å²) in [6.07, 6.45) is 3.83. The number of rotatable bonds is 6. The van der Waals surface area contributed by atoms with E-state index in [0.29, 0.717) is 5.92 Å². The number of ether oxygens (including phenoxy) is 1. The Labute approximate surface area is 187 Å². The van der Waals surface area contributed by atoms with E-state index in [1.807, 2.05) is 7.05 Å². The largest absolute Gasteiger partial charge is 0.384 e. The molecular weight excluding hydrogens is 463 g/mol. The number of hydrogen-bond donors (Lipinski definition) is 1. The van der Waals surface area contributed by atoms with Crippen molar-refractivity contribution in [3.05, 3.63) is 35.4 Å². The van der Waals surface area contributed by atoms with Crippen LogP contribution >= 0.6 is 24.0 Å². The summed E-state index contributed by atoms with van der Waals surface area (Å²) in [6, 6.07) is 8.84. The summed E-state index contributed by atoms with van der Waals surface area (Å²) in [7, 11) is 3.67. The van der Waals surface area contributed by atoms with Crippen LogP contribution in [0.4, 0.5) is 0 Å². The normalized spacial score (nSPS) is 21.6. The van der Waals surface area contributed by atoms with E-state index < -0.39 is 0 Å². The lowest BCUT2D eigenvalue weighted by Crippen LogP contribution is -2.40. The lowest BCUT2D eigenvalue weighted by Gasteiger charge is -2.31. The van der Waals surface area contributed by atoms with E-state index in [2.05, 4.69) is 51.3 Å². The molecule has 2 aliphatic heterocycles. The summed E-state index contributed by atoms with van der Waals surface area (Å²) in [4.78, 5) is 9.47. The molecule has 1 aromatic carbocycles. The van der Waals surface area contributed by atoms with Gasteiger partial charge in [-0.25, -0.2) is 0 Å². The van der Waals surface area contributed by atoms with Crippen LogP contribution in [0.5, 0.6) is 0 Å². The van der Waals surface area contributed by atoms with E-state index in [9.17, 15) is 0 Å². The Kier molecular flexibility index (Phi) is 10.0. The van der Waals surface area contributed by atoms with Crippen LogP contribution in [0.2, 0.25) is 0 Å². The summed E-state index contributed by atoms with van der Waals surface area (Å²) >= 11 is 0. The van der Waals surface area contributed by atoms with Crippen molar-refractivity contribution < 1.29 is 4.74 Å². The highest BCUT2D eigenvalue weighted by atomic mass is 127. The van der Waals surface area contributed by atoms with Crippen LogP contribution in [0.15, 0.2) is 29.3 Å². The molecule has 0 amide bonds. The van der Waals surface area contributed by atoms with E-state index >= 15 is 0 Å². The monoisotopic (exact) mass is 500 g/mol. The van der Waals surface area contributed by atoms with Crippen LogP contribution in [0, 0.1) is 11.8 Å². The molecule has 0 aliphatic carbocycles. The molecule has 0 radical (unpaired) electrons. The first-order chi connectivity index (χ1) is 13.2. The smallest absolute Gasteiger partial charge is 0.193 e. The molecule has 2 heterocycles. The SMILES string of the molecule is CN=C(NCc1ccccc1CN1CCC(C)CC1)N1CCC(COC)C1.I. The molecule has 1 N–H and O–H groups in total. The first-order valence-electron chi connectivity index (χ1n) is 10.4. The van der Waals surface area contributed by atoms with Crippen molar-refractivity contribution in [2.24, 2.45) is 16.8 Å². The predicted molar refractivity (Wildman–Crippen MR) is 127 cm³/mol. The summed E-state index contributed by atoms with van der Waals surface area (Å²) < 4.78 is 5.32. The van der Waals surface area contributed by atoms with E-state index in [-0.39, 0.29) is 24.0 Å². The van der Waals surface area contributed by atoms with Gasteiger partial charge in [0, 0.05) is 46.3 Å². The topological polar surface area (TPSA) is 40.1 Å². The molecule has 2 saturated heterocycles. The molecule has 2 fully saturated rings. The molecule has 6 heteroatoms. The van der Waals surface area contributed by atoms with Gasteiger partial charge in [-0.15, -0.1) is 24.0 Å². The standard InChI is InChI=1S/C22H36N4O.HI/c1-18-8-11-25(12-9-18)16-21-7-5-4-6-20(21)14-24-22(23-2)26-13-10-19(15-26)17-27-3;/h4-7,18-19H,8-17H2,1-3H3,(H,23,24);1H. The Morgan fingerprint density at radius 2 is 1.86 bits per heavy atom. The van der Waals surface area contributed by atoms with E-state index in [4.69, 9.17) is 4.74 Å². The highest BCUT2D eigenvalue weighted by molar-refractivity contribution is 14.0. The maximum atomic E-state index is 5.32. The fourth-order valence-electron chi connectivity index (χ4n) is 4.25. The molecule has 1 atom stereocenters. The van der Waals surface area contributed by atoms with Crippen LogP contribution in [-0.2, 0) is 17.8 Å². The molecule has 2 aliphatic rings. The Morgan fingerprint density at radius 1 is 1.14 bits per heavy atom. The Bertz CT molecular complexity index is 616. The molecule has 1 unspecified atom stereocenters. The quantitative estimate of drug-likeness (QED) is 0.369. The van der Waals surface area contributed by atoms with Gasteiger partial charge >= 0.3 is 0 Å². The van der Waals surface area contributed by atoms with Crippen LogP contribution < -0.4 is 5.32 Å². The zero-order valence-corrected chi connectivity index (χ0v) is 20.0.